The summed E-state index contributed by atoms with van der Waals surface area (Å²) in [5, 5.41) is 19.6. The first-order chi connectivity index (χ1) is 5.88. The fourth-order valence-corrected chi connectivity index (χ4v) is 1.63. The van der Waals surface area contributed by atoms with E-state index in [4.69, 9.17) is 0 Å². The van der Waals surface area contributed by atoms with Crippen molar-refractivity contribution < 1.29 is 5.11 Å². The molecule has 1 fully saturated rings. The molecule has 1 aliphatic rings. The van der Waals surface area contributed by atoms with Gasteiger partial charge in [0.05, 0.1) is 5.69 Å². The Morgan fingerprint density at radius 2 is 2.58 bits per heavy atom. The number of hydrogen-bond acceptors (Lipinski definition) is 3. The number of nitrogens with zero attached hydrogens (tertiary/aromatic N) is 1. The van der Waals surface area contributed by atoms with Crippen LogP contribution in [0.1, 0.15) is 24.6 Å². The lowest BCUT2D eigenvalue weighted by atomic mass is 10.1. The predicted octanol–water partition coefficient (Wildman–Crippen LogP) is 0.195. The molecule has 0 radical (unpaired) electrons. The lowest BCUT2D eigenvalue weighted by Crippen LogP contribution is -2.28. The van der Waals surface area contributed by atoms with Crippen LogP contribution in [-0.4, -0.2) is 27.9 Å². The Kier molecular flexibility index (Phi) is 2.10. The van der Waals surface area contributed by atoms with Crippen molar-refractivity contribution >= 4 is 0 Å². The smallest absolute Gasteiger partial charge is 0.111 e. The minimum atomic E-state index is -0.435. The molecule has 66 valence electrons. The van der Waals surface area contributed by atoms with Crippen molar-refractivity contribution in [1.82, 2.24) is 15.5 Å². The average Bonchev–Trinajstić information content (AvgIpc) is 2.77. The van der Waals surface area contributed by atoms with Gasteiger partial charge in [0.1, 0.15) is 6.10 Å². The van der Waals surface area contributed by atoms with Crippen LogP contribution in [0.25, 0.3) is 0 Å². The third kappa shape index (κ3) is 1.35. The van der Waals surface area contributed by atoms with E-state index >= 15 is 0 Å². The molecule has 0 aromatic carbocycles. The first-order valence-electron chi connectivity index (χ1n) is 4.28. The number of hydrogen-bond donors (Lipinski definition) is 3. The van der Waals surface area contributed by atoms with Crippen LogP contribution in [0, 0.1) is 0 Å². The highest BCUT2D eigenvalue weighted by Gasteiger charge is 2.24. The number of nitrogens with one attached hydrogen (secondary N) is 2. The highest BCUT2D eigenvalue weighted by Crippen LogP contribution is 2.20. The van der Waals surface area contributed by atoms with Gasteiger partial charge in [0.25, 0.3) is 0 Å². The number of aliphatic hydroxyl groups excluding tert-OH is 1. The third-order valence-corrected chi connectivity index (χ3v) is 2.32. The van der Waals surface area contributed by atoms with E-state index in [1.165, 1.54) is 0 Å². The van der Waals surface area contributed by atoms with Gasteiger partial charge in [-0.15, -0.1) is 0 Å². The maximum absolute atomic E-state index is 9.78. The van der Waals surface area contributed by atoms with Crippen molar-refractivity contribution in [2.75, 3.05) is 6.54 Å². The van der Waals surface area contributed by atoms with Gasteiger partial charge in [-0.3, -0.25) is 5.10 Å². The van der Waals surface area contributed by atoms with Crippen molar-refractivity contribution in [2.24, 2.45) is 0 Å². The molecular weight excluding hydrogens is 154 g/mol. The summed E-state index contributed by atoms with van der Waals surface area (Å²) in [5.41, 5.74) is 0.800. The summed E-state index contributed by atoms with van der Waals surface area (Å²) in [4.78, 5) is 0. The van der Waals surface area contributed by atoms with Gasteiger partial charge < -0.3 is 10.4 Å². The van der Waals surface area contributed by atoms with Crippen molar-refractivity contribution in [3.63, 3.8) is 0 Å². The Bertz CT molecular complexity index is 228. The maximum atomic E-state index is 9.78. The quantitative estimate of drug-likeness (QED) is 0.589. The number of H-pyrrole nitrogens is 1. The molecule has 0 saturated carbocycles. The SMILES string of the molecule is OC(c1ccn[nH]1)C1CCCN1. The molecule has 2 unspecified atom stereocenters. The molecule has 3 N–H and O–H groups in total. The van der Waals surface area contributed by atoms with Crippen LogP contribution in [-0.2, 0) is 0 Å². The Hall–Kier alpha value is -0.870. The highest BCUT2D eigenvalue weighted by molar-refractivity contribution is 5.05. The van der Waals surface area contributed by atoms with Crippen LogP contribution in [0.15, 0.2) is 12.3 Å². The number of rotatable bonds is 2. The molecule has 4 nitrogen and oxygen atoms in total. The minimum Gasteiger partial charge on any atom is -0.385 e. The second kappa shape index (κ2) is 3.25. The number of aliphatic hydroxyl groups is 1. The normalized spacial score (nSPS) is 25.9. The molecule has 0 spiro atoms. The topological polar surface area (TPSA) is 60.9 Å². The third-order valence-electron chi connectivity index (χ3n) is 2.32. The van der Waals surface area contributed by atoms with Crippen molar-refractivity contribution in [1.29, 1.82) is 0 Å². The molecule has 1 saturated heterocycles. The first kappa shape index (κ1) is 7.76. The van der Waals surface area contributed by atoms with Crippen molar-refractivity contribution in [3.8, 4) is 0 Å². The van der Waals surface area contributed by atoms with Crippen LogP contribution in [0.2, 0.25) is 0 Å². The van der Waals surface area contributed by atoms with Crippen LogP contribution in [0.5, 0.6) is 0 Å². The summed E-state index contributed by atoms with van der Waals surface area (Å²) in [6, 6.07) is 2.01. The van der Waals surface area contributed by atoms with E-state index in [0.717, 1.165) is 25.1 Å². The number of aromatic amines is 1. The van der Waals surface area contributed by atoms with Gasteiger partial charge >= 0.3 is 0 Å². The fraction of sp³-hybridized carbons (Fsp3) is 0.625. The first-order valence-corrected chi connectivity index (χ1v) is 4.28. The Morgan fingerprint density at radius 3 is 3.17 bits per heavy atom. The van der Waals surface area contributed by atoms with E-state index in [1.807, 2.05) is 6.07 Å². The summed E-state index contributed by atoms with van der Waals surface area (Å²) >= 11 is 0. The highest BCUT2D eigenvalue weighted by atomic mass is 16.3. The monoisotopic (exact) mass is 167 g/mol. The van der Waals surface area contributed by atoms with E-state index in [1.54, 1.807) is 6.20 Å². The zero-order valence-electron chi connectivity index (χ0n) is 6.83. The number of aromatic nitrogens is 2. The molecule has 4 heteroatoms. The van der Waals surface area contributed by atoms with Gasteiger partial charge in [0.2, 0.25) is 0 Å². The summed E-state index contributed by atoms with van der Waals surface area (Å²) < 4.78 is 0. The van der Waals surface area contributed by atoms with Crippen molar-refractivity contribution in [2.45, 2.75) is 25.0 Å². The average molecular weight is 167 g/mol. The van der Waals surface area contributed by atoms with Gasteiger partial charge in [0.15, 0.2) is 0 Å². The lowest BCUT2D eigenvalue weighted by Gasteiger charge is -2.15. The van der Waals surface area contributed by atoms with Gasteiger partial charge in [-0.1, -0.05) is 0 Å². The van der Waals surface area contributed by atoms with Gasteiger partial charge in [-0.2, -0.15) is 5.10 Å². The molecule has 1 aromatic rings. The molecular formula is C8H13N3O. The zero-order chi connectivity index (χ0) is 8.39. The molecule has 2 atom stereocenters. The van der Waals surface area contributed by atoms with Gasteiger partial charge in [0, 0.05) is 12.2 Å². The Labute approximate surface area is 71.0 Å². The van der Waals surface area contributed by atoms with Crippen LogP contribution >= 0.6 is 0 Å². The predicted molar refractivity (Wildman–Crippen MR) is 44.6 cm³/mol. The zero-order valence-corrected chi connectivity index (χ0v) is 6.83. The summed E-state index contributed by atoms with van der Waals surface area (Å²) in [6.07, 6.45) is 3.42. The summed E-state index contributed by atoms with van der Waals surface area (Å²) in [5.74, 6) is 0. The molecule has 0 amide bonds. The Balaban J connectivity index is 2.04. The molecule has 12 heavy (non-hydrogen) atoms. The molecule has 0 bridgehead atoms. The van der Waals surface area contributed by atoms with Crippen LogP contribution < -0.4 is 5.32 Å². The van der Waals surface area contributed by atoms with Crippen LogP contribution in [0.4, 0.5) is 0 Å². The van der Waals surface area contributed by atoms with E-state index in [-0.39, 0.29) is 6.04 Å². The molecule has 2 rings (SSSR count). The van der Waals surface area contributed by atoms with E-state index in [2.05, 4.69) is 15.5 Å². The fourth-order valence-electron chi connectivity index (χ4n) is 1.63. The second-order valence-electron chi connectivity index (χ2n) is 3.16. The van der Waals surface area contributed by atoms with Gasteiger partial charge in [-0.25, -0.2) is 0 Å². The Morgan fingerprint density at radius 1 is 1.67 bits per heavy atom. The summed E-state index contributed by atoms with van der Waals surface area (Å²) in [7, 11) is 0. The van der Waals surface area contributed by atoms with Crippen LogP contribution in [0.3, 0.4) is 0 Å². The lowest BCUT2D eigenvalue weighted by molar-refractivity contribution is 0.133. The molecule has 2 heterocycles. The largest absolute Gasteiger partial charge is 0.385 e. The molecule has 1 aromatic heterocycles. The standard InChI is InChI=1S/C8H13N3O/c12-8(6-2-1-4-9-6)7-3-5-10-11-7/h3,5-6,8-9,12H,1-2,4H2,(H,10,11). The second-order valence-corrected chi connectivity index (χ2v) is 3.16. The van der Waals surface area contributed by atoms with E-state index < -0.39 is 6.10 Å². The molecule has 0 aliphatic carbocycles. The maximum Gasteiger partial charge on any atom is 0.111 e. The summed E-state index contributed by atoms with van der Waals surface area (Å²) in [6.45, 7) is 1.01. The minimum absolute atomic E-state index is 0.199. The van der Waals surface area contributed by atoms with E-state index in [9.17, 15) is 5.11 Å². The van der Waals surface area contributed by atoms with Gasteiger partial charge in [-0.05, 0) is 25.5 Å². The van der Waals surface area contributed by atoms with E-state index in [0.29, 0.717) is 0 Å². The van der Waals surface area contributed by atoms with Crippen molar-refractivity contribution in [3.05, 3.63) is 18.0 Å². The molecule has 1 aliphatic heterocycles.